The van der Waals surface area contributed by atoms with Crippen LogP contribution in [0.3, 0.4) is 0 Å². The van der Waals surface area contributed by atoms with E-state index in [0.717, 1.165) is 19.1 Å². The molecule has 0 aromatic heterocycles. The summed E-state index contributed by atoms with van der Waals surface area (Å²) in [4.78, 5) is 10.7. The van der Waals surface area contributed by atoms with E-state index in [9.17, 15) is 4.79 Å². The fraction of sp³-hybridized carbons (Fsp3) is 0.583. The molecule has 1 nitrogen and oxygen atoms in total. The van der Waals surface area contributed by atoms with Crippen LogP contribution >= 0.6 is 0 Å². The minimum Gasteiger partial charge on any atom is -0.303 e. The van der Waals surface area contributed by atoms with Gasteiger partial charge in [0.1, 0.15) is 6.29 Å². The third-order valence-electron chi connectivity index (χ3n) is 1.85. The predicted octanol–water partition coefficient (Wildman–Crippen LogP) is 3.51. The van der Waals surface area contributed by atoms with E-state index in [0.29, 0.717) is 0 Å². The van der Waals surface area contributed by atoms with Crippen molar-refractivity contribution >= 4 is 6.29 Å². The van der Waals surface area contributed by atoms with E-state index in [2.05, 4.69) is 39.8 Å². The minimum absolute atomic E-state index is 0.157. The van der Waals surface area contributed by atoms with Crippen LogP contribution in [0.25, 0.3) is 0 Å². The molecule has 0 aliphatic heterocycles. The summed E-state index contributed by atoms with van der Waals surface area (Å²) < 4.78 is 0. The third kappa shape index (κ3) is 7.51. The van der Waals surface area contributed by atoms with E-state index < -0.39 is 0 Å². The van der Waals surface area contributed by atoms with Crippen LogP contribution < -0.4 is 0 Å². The molecule has 0 aromatic carbocycles. The van der Waals surface area contributed by atoms with Gasteiger partial charge in [0, 0.05) is 5.92 Å². The Kier molecular flexibility index (Phi) is 6.21. The molecule has 0 saturated heterocycles. The first-order valence-corrected chi connectivity index (χ1v) is 4.78. The zero-order valence-electron chi connectivity index (χ0n) is 9.13. The number of allylic oxidation sites excluding steroid dienone is 4. The Morgan fingerprint density at radius 1 is 1.00 bits per heavy atom. The predicted molar refractivity (Wildman–Crippen MR) is 57.7 cm³/mol. The molecule has 0 atom stereocenters. The number of carbonyl (C=O) groups is 1. The Hall–Kier alpha value is -0.850. The summed E-state index contributed by atoms with van der Waals surface area (Å²) in [5, 5.41) is 0. The number of carbonyl (C=O) groups excluding carboxylic acids is 1. The highest BCUT2D eigenvalue weighted by Gasteiger charge is 2.02. The summed E-state index contributed by atoms with van der Waals surface area (Å²) >= 11 is 0. The van der Waals surface area contributed by atoms with E-state index >= 15 is 0 Å². The lowest BCUT2D eigenvalue weighted by Gasteiger charge is -2.04. The van der Waals surface area contributed by atoms with Crippen molar-refractivity contribution in [1.29, 1.82) is 0 Å². The molecule has 0 spiro atoms. The number of aldehydes is 1. The Morgan fingerprint density at radius 2 is 1.38 bits per heavy atom. The van der Waals surface area contributed by atoms with Gasteiger partial charge in [-0.2, -0.15) is 0 Å². The van der Waals surface area contributed by atoms with Crippen LogP contribution in [-0.4, -0.2) is 6.29 Å². The highest BCUT2D eigenvalue weighted by atomic mass is 16.1. The van der Waals surface area contributed by atoms with Crippen molar-refractivity contribution in [3.05, 3.63) is 23.3 Å². The minimum atomic E-state index is 0.157. The molecule has 74 valence electrons. The molecule has 1 heteroatoms. The van der Waals surface area contributed by atoms with Gasteiger partial charge in [-0.05, 0) is 40.5 Å². The lowest BCUT2D eigenvalue weighted by atomic mass is 10.0. The second kappa shape index (κ2) is 6.64. The third-order valence-corrected chi connectivity index (χ3v) is 1.85. The Bertz CT molecular complexity index is 183. The molecule has 0 rings (SSSR count). The zero-order chi connectivity index (χ0) is 10.3. The van der Waals surface area contributed by atoms with E-state index in [-0.39, 0.29) is 5.92 Å². The molecule has 0 fully saturated rings. The number of hydrogen-bond donors (Lipinski definition) is 0. The summed E-state index contributed by atoms with van der Waals surface area (Å²) in [5.74, 6) is 0.157. The molecule has 0 radical (unpaired) electrons. The molecule has 0 aliphatic rings. The summed E-state index contributed by atoms with van der Waals surface area (Å²) in [6, 6.07) is 0. The van der Waals surface area contributed by atoms with Crippen LogP contribution in [0.15, 0.2) is 23.3 Å². The molecule has 0 unspecified atom stereocenters. The van der Waals surface area contributed by atoms with Crippen molar-refractivity contribution < 1.29 is 4.79 Å². The topological polar surface area (TPSA) is 17.1 Å². The fourth-order valence-electron chi connectivity index (χ4n) is 0.981. The molecular formula is C12H20O. The lowest BCUT2D eigenvalue weighted by Crippen LogP contribution is -1.99. The van der Waals surface area contributed by atoms with Crippen molar-refractivity contribution in [3.63, 3.8) is 0 Å². The quantitative estimate of drug-likeness (QED) is 0.467. The molecule has 0 aliphatic carbocycles. The fourth-order valence-corrected chi connectivity index (χ4v) is 0.981. The van der Waals surface area contributed by atoms with Gasteiger partial charge in [0.2, 0.25) is 0 Å². The van der Waals surface area contributed by atoms with Gasteiger partial charge in [0.05, 0.1) is 0 Å². The summed E-state index contributed by atoms with van der Waals surface area (Å²) in [6.45, 7) is 8.23. The first-order valence-electron chi connectivity index (χ1n) is 4.78. The SMILES string of the molecule is CC(C)=CCC(C=O)CC=C(C)C. The Morgan fingerprint density at radius 3 is 1.62 bits per heavy atom. The van der Waals surface area contributed by atoms with E-state index in [4.69, 9.17) is 0 Å². The average Bonchev–Trinajstić information content (AvgIpc) is 2.04. The van der Waals surface area contributed by atoms with Crippen LogP contribution in [0, 0.1) is 5.92 Å². The van der Waals surface area contributed by atoms with Gasteiger partial charge in [-0.1, -0.05) is 23.3 Å². The maximum atomic E-state index is 10.7. The van der Waals surface area contributed by atoms with Crippen molar-refractivity contribution in [2.45, 2.75) is 40.5 Å². The number of rotatable bonds is 5. The van der Waals surface area contributed by atoms with Crippen molar-refractivity contribution in [2.75, 3.05) is 0 Å². The maximum absolute atomic E-state index is 10.7. The lowest BCUT2D eigenvalue weighted by molar-refractivity contribution is -0.110. The van der Waals surface area contributed by atoms with Gasteiger partial charge in [0.25, 0.3) is 0 Å². The van der Waals surface area contributed by atoms with Crippen molar-refractivity contribution in [1.82, 2.24) is 0 Å². The van der Waals surface area contributed by atoms with Crippen LogP contribution in [0.5, 0.6) is 0 Å². The van der Waals surface area contributed by atoms with Crippen LogP contribution in [-0.2, 0) is 4.79 Å². The second-order valence-corrected chi connectivity index (χ2v) is 3.93. The normalized spacial score (nSPS) is 9.62. The molecule has 0 bridgehead atoms. The standard InChI is InChI=1S/C12H20O/c1-10(2)5-7-12(9-13)8-6-11(3)4/h5-6,9,12H,7-8H2,1-4H3. The molecular weight excluding hydrogens is 160 g/mol. The largest absolute Gasteiger partial charge is 0.303 e. The van der Waals surface area contributed by atoms with Gasteiger partial charge >= 0.3 is 0 Å². The molecule has 13 heavy (non-hydrogen) atoms. The van der Waals surface area contributed by atoms with Crippen LogP contribution in [0.4, 0.5) is 0 Å². The molecule has 0 amide bonds. The number of hydrogen-bond acceptors (Lipinski definition) is 1. The van der Waals surface area contributed by atoms with Gasteiger partial charge in [-0.25, -0.2) is 0 Å². The first kappa shape index (κ1) is 12.2. The maximum Gasteiger partial charge on any atom is 0.123 e. The van der Waals surface area contributed by atoms with Crippen molar-refractivity contribution in [2.24, 2.45) is 5.92 Å². The molecule has 0 saturated carbocycles. The second-order valence-electron chi connectivity index (χ2n) is 3.93. The van der Waals surface area contributed by atoms with Gasteiger partial charge in [-0.3, -0.25) is 0 Å². The summed E-state index contributed by atoms with van der Waals surface area (Å²) in [6.07, 6.45) is 7.04. The average molecular weight is 180 g/mol. The van der Waals surface area contributed by atoms with E-state index in [1.807, 2.05) is 0 Å². The monoisotopic (exact) mass is 180 g/mol. The Labute approximate surface area is 81.5 Å². The summed E-state index contributed by atoms with van der Waals surface area (Å²) in [5.41, 5.74) is 2.56. The first-order chi connectivity index (χ1) is 6.06. The summed E-state index contributed by atoms with van der Waals surface area (Å²) in [7, 11) is 0. The zero-order valence-corrected chi connectivity index (χ0v) is 9.13. The molecule has 0 N–H and O–H groups in total. The highest BCUT2D eigenvalue weighted by molar-refractivity contribution is 5.54. The van der Waals surface area contributed by atoms with Crippen molar-refractivity contribution in [3.8, 4) is 0 Å². The highest BCUT2D eigenvalue weighted by Crippen LogP contribution is 2.10. The van der Waals surface area contributed by atoms with E-state index in [1.165, 1.54) is 11.1 Å². The Balaban J connectivity index is 3.98. The van der Waals surface area contributed by atoms with E-state index in [1.54, 1.807) is 0 Å². The van der Waals surface area contributed by atoms with Gasteiger partial charge in [0.15, 0.2) is 0 Å². The molecule has 0 heterocycles. The smallest absolute Gasteiger partial charge is 0.123 e. The van der Waals surface area contributed by atoms with Gasteiger partial charge in [-0.15, -0.1) is 0 Å². The van der Waals surface area contributed by atoms with Gasteiger partial charge < -0.3 is 4.79 Å². The van der Waals surface area contributed by atoms with Crippen LogP contribution in [0.2, 0.25) is 0 Å². The van der Waals surface area contributed by atoms with Crippen LogP contribution in [0.1, 0.15) is 40.5 Å². The molecule has 0 aromatic rings.